The minimum absolute atomic E-state index is 0.278. The van der Waals surface area contributed by atoms with Crippen LogP contribution in [0.5, 0.6) is 0 Å². The molecule has 5 atom stereocenters. The van der Waals surface area contributed by atoms with Gasteiger partial charge < -0.3 is 0 Å². The largest absolute Gasteiger partial charge is 0.0998 e. The summed E-state index contributed by atoms with van der Waals surface area (Å²) in [6.07, 6.45) is 12.7. The monoisotopic (exact) mass is 340 g/mol. The van der Waals surface area contributed by atoms with Gasteiger partial charge in [0.1, 0.15) is 0 Å². The number of rotatable bonds is 1. The van der Waals surface area contributed by atoms with Crippen molar-refractivity contribution in [1.29, 1.82) is 0 Å². The summed E-state index contributed by atoms with van der Waals surface area (Å²) in [5, 5.41) is 0. The minimum Gasteiger partial charge on any atom is -0.0998 e. The van der Waals surface area contributed by atoms with Gasteiger partial charge in [-0.1, -0.05) is 70.6 Å². The average Bonchev–Trinajstić information content (AvgIpc) is 2.84. The van der Waals surface area contributed by atoms with Gasteiger partial charge in [0, 0.05) is 0 Å². The van der Waals surface area contributed by atoms with Crippen molar-refractivity contribution in [2.75, 3.05) is 0 Å². The van der Waals surface area contributed by atoms with Gasteiger partial charge in [-0.25, -0.2) is 0 Å². The fraction of sp³-hybridized carbons (Fsp3) is 0.760. The molecular weight excluding hydrogens is 300 g/mol. The first-order valence-corrected chi connectivity index (χ1v) is 10.7. The molecule has 0 heteroatoms. The summed E-state index contributed by atoms with van der Waals surface area (Å²) in [5.41, 5.74) is 5.56. The van der Waals surface area contributed by atoms with E-state index in [9.17, 15) is 0 Å². The lowest BCUT2D eigenvalue weighted by molar-refractivity contribution is 0.0219. The third-order valence-corrected chi connectivity index (χ3v) is 9.08. The summed E-state index contributed by atoms with van der Waals surface area (Å²) in [7, 11) is 0. The summed E-state index contributed by atoms with van der Waals surface area (Å²) >= 11 is 0. The predicted octanol–water partition coefficient (Wildman–Crippen LogP) is 7.87. The van der Waals surface area contributed by atoms with E-state index in [0.29, 0.717) is 10.8 Å². The molecule has 3 aliphatic carbocycles. The van der Waals surface area contributed by atoms with Crippen LogP contribution in [0.3, 0.4) is 0 Å². The number of hydrogen-bond donors (Lipinski definition) is 0. The summed E-state index contributed by atoms with van der Waals surface area (Å²) in [4.78, 5) is 0. The Morgan fingerprint density at radius 2 is 1.72 bits per heavy atom. The van der Waals surface area contributed by atoms with Crippen molar-refractivity contribution in [3.63, 3.8) is 0 Å². The molecule has 3 rings (SSSR count). The lowest BCUT2D eigenvalue weighted by Crippen LogP contribution is -2.45. The zero-order chi connectivity index (χ0) is 18.5. The molecule has 0 heterocycles. The molecule has 0 nitrogen and oxygen atoms in total. The second-order valence-electron chi connectivity index (χ2n) is 10.2. The third-order valence-electron chi connectivity index (χ3n) is 9.08. The topological polar surface area (TPSA) is 0 Å². The lowest BCUT2D eigenvalue weighted by atomic mass is 9.48. The summed E-state index contributed by atoms with van der Waals surface area (Å²) in [6, 6.07) is 0. The van der Waals surface area contributed by atoms with E-state index in [1.807, 2.05) is 0 Å². The van der Waals surface area contributed by atoms with Gasteiger partial charge in [-0.15, -0.1) is 0 Å². The predicted molar refractivity (Wildman–Crippen MR) is 111 cm³/mol. The summed E-state index contributed by atoms with van der Waals surface area (Å²) in [5.74, 6) is 1.51. The van der Waals surface area contributed by atoms with Crippen molar-refractivity contribution in [2.24, 2.45) is 28.1 Å². The van der Waals surface area contributed by atoms with E-state index in [-0.39, 0.29) is 5.41 Å². The van der Waals surface area contributed by atoms with Gasteiger partial charge in [0.15, 0.2) is 0 Å². The first-order chi connectivity index (χ1) is 11.7. The van der Waals surface area contributed by atoms with Crippen LogP contribution >= 0.6 is 0 Å². The van der Waals surface area contributed by atoms with E-state index < -0.39 is 0 Å². The molecule has 0 N–H and O–H groups in total. The molecular formula is C25H40. The Balaban J connectivity index is 1.99. The first-order valence-electron chi connectivity index (χ1n) is 10.7. The highest BCUT2D eigenvalue weighted by Crippen LogP contribution is 2.63. The Bertz CT molecular complexity index is 581. The van der Waals surface area contributed by atoms with Crippen LogP contribution in [0.4, 0.5) is 0 Å². The van der Waals surface area contributed by atoms with Crippen molar-refractivity contribution in [3.05, 3.63) is 36.5 Å². The van der Waals surface area contributed by atoms with Crippen molar-refractivity contribution < 1.29 is 0 Å². The molecule has 0 aromatic carbocycles. The standard InChI is InChI=1S/C25H40/c1-8-25-17-18(2)12-15-23(25,6)13-9-14-24(7)20(4)10-11-22(24)19(3)16-21(25)5/h19,22H,2,4-5,8-17H2,1,3,6-7H3. The van der Waals surface area contributed by atoms with Crippen LogP contribution in [0.25, 0.3) is 0 Å². The normalized spacial score (nSPS) is 45.8. The van der Waals surface area contributed by atoms with Crippen LogP contribution < -0.4 is 0 Å². The lowest BCUT2D eigenvalue weighted by Gasteiger charge is -2.56. The molecule has 0 spiro atoms. The molecule has 0 aliphatic heterocycles. The molecule has 0 amide bonds. The molecule has 0 saturated heterocycles. The Kier molecular flexibility index (Phi) is 4.89. The molecule has 3 fully saturated rings. The number of allylic oxidation sites excluding steroid dienone is 3. The van der Waals surface area contributed by atoms with Gasteiger partial charge >= 0.3 is 0 Å². The van der Waals surface area contributed by atoms with Gasteiger partial charge in [-0.05, 0) is 85.9 Å². The first kappa shape index (κ1) is 19.0. The second-order valence-corrected chi connectivity index (χ2v) is 10.2. The van der Waals surface area contributed by atoms with Gasteiger partial charge in [-0.2, -0.15) is 0 Å². The fourth-order valence-electron chi connectivity index (χ4n) is 7.18. The van der Waals surface area contributed by atoms with Crippen LogP contribution in [0, 0.1) is 28.1 Å². The Morgan fingerprint density at radius 1 is 1.00 bits per heavy atom. The Hall–Kier alpha value is -0.780. The summed E-state index contributed by atoms with van der Waals surface area (Å²) in [6.45, 7) is 23.6. The van der Waals surface area contributed by atoms with E-state index >= 15 is 0 Å². The highest BCUT2D eigenvalue weighted by Gasteiger charge is 2.52. The number of fused-ring (bicyclic) bond motifs is 2. The third kappa shape index (κ3) is 2.79. The quantitative estimate of drug-likeness (QED) is 0.426. The SMILES string of the molecule is C=C1CCC2(C)CCCC3(C)C(=C)CCC3C(C)CC(=C)C2(CC)C1. The van der Waals surface area contributed by atoms with E-state index in [1.165, 1.54) is 80.9 Å². The second kappa shape index (κ2) is 6.43. The fourth-order valence-corrected chi connectivity index (χ4v) is 7.18. The molecule has 0 radical (unpaired) electrons. The molecule has 3 aliphatic rings. The van der Waals surface area contributed by atoms with E-state index in [2.05, 4.69) is 40.9 Å². The maximum atomic E-state index is 4.74. The molecule has 3 saturated carbocycles. The Labute approximate surface area is 156 Å². The molecule has 5 unspecified atom stereocenters. The number of hydrogen-bond acceptors (Lipinski definition) is 0. The maximum absolute atomic E-state index is 4.74. The van der Waals surface area contributed by atoms with Crippen molar-refractivity contribution in [3.8, 4) is 0 Å². The zero-order valence-electron chi connectivity index (χ0n) is 17.3. The highest BCUT2D eigenvalue weighted by atomic mass is 14.6. The van der Waals surface area contributed by atoms with Crippen LogP contribution in [0.1, 0.15) is 91.9 Å². The van der Waals surface area contributed by atoms with E-state index in [1.54, 1.807) is 0 Å². The van der Waals surface area contributed by atoms with Gasteiger partial charge in [0.05, 0.1) is 0 Å². The molecule has 0 aromatic rings. The molecule has 0 aromatic heterocycles. The van der Waals surface area contributed by atoms with Crippen LogP contribution in [0.15, 0.2) is 36.5 Å². The van der Waals surface area contributed by atoms with Gasteiger partial charge in [-0.3, -0.25) is 0 Å². The smallest absolute Gasteiger partial charge is 0.000246 e. The average molecular weight is 341 g/mol. The highest BCUT2D eigenvalue weighted by molar-refractivity contribution is 5.26. The molecule has 25 heavy (non-hydrogen) atoms. The van der Waals surface area contributed by atoms with Gasteiger partial charge in [0.2, 0.25) is 0 Å². The van der Waals surface area contributed by atoms with Crippen LogP contribution in [-0.4, -0.2) is 0 Å². The molecule has 0 bridgehead atoms. The summed E-state index contributed by atoms with van der Waals surface area (Å²) < 4.78 is 0. The van der Waals surface area contributed by atoms with Crippen molar-refractivity contribution >= 4 is 0 Å². The van der Waals surface area contributed by atoms with Crippen LogP contribution in [0.2, 0.25) is 0 Å². The van der Waals surface area contributed by atoms with Crippen LogP contribution in [-0.2, 0) is 0 Å². The van der Waals surface area contributed by atoms with Crippen molar-refractivity contribution in [2.45, 2.75) is 91.9 Å². The van der Waals surface area contributed by atoms with Gasteiger partial charge in [0.25, 0.3) is 0 Å². The van der Waals surface area contributed by atoms with E-state index in [4.69, 9.17) is 6.58 Å². The van der Waals surface area contributed by atoms with Crippen molar-refractivity contribution in [1.82, 2.24) is 0 Å². The maximum Gasteiger partial charge on any atom is -0.000246 e. The minimum atomic E-state index is 0.278. The Morgan fingerprint density at radius 3 is 2.40 bits per heavy atom. The van der Waals surface area contributed by atoms with E-state index in [0.717, 1.165) is 11.8 Å². The molecule has 140 valence electrons. The zero-order valence-corrected chi connectivity index (χ0v) is 17.3.